The van der Waals surface area contributed by atoms with E-state index in [2.05, 4.69) is 4.99 Å². The summed E-state index contributed by atoms with van der Waals surface area (Å²) >= 11 is 0. The summed E-state index contributed by atoms with van der Waals surface area (Å²) in [5.74, 6) is 0. The van der Waals surface area contributed by atoms with Crippen LogP contribution in [-0.2, 0) is 9.53 Å². The SMILES string of the molecule is O=C=N[C@@H]1CCO[C@H]1c1ccccc1. The van der Waals surface area contributed by atoms with E-state index in [0.29, 0.717) is 6.61 Å². The molecular formula is C11H11NO2. The van der Waals surface area contributed by atoms with Crippen LogP contribution >= 0.6 is 0 Å². The van der Waals surface area contributed by atoms with Gasteiger partial charge >= 0.3 is 0 Å². The Balaban J connectivity index is 2.21. The highest BCUT2D eigenvalue weighted by Gasteiger charge is 2.29. The van der Waals surface area contributed by atoms with Crippen LogP contribution in [0.15, 0.2) is 35.3 Å². The van der Waals surface area contributed by atoms with Crippen LogP contribution in [0, 0.1) is 0 Å². The van der Waals surface area contributed by atoms with E-state index in [1.54, 1.807) is 6.08 Å². The Kier molecular flexibility index (Phi) is 2.73. The summed E-state index contributed by atoms with van der Waals surface area (Å²) in [6.07, 6.45) is 2.33. The van der Waals surface area contributed by atoms with Crippen molar-refractivity contribution in [2.24, 2.45) is 4.99 Å². The average Bonchev–Trinajstić information content (AvgIpc) is 2.68. The Morgan fingerprint density at radius 2 is 2.14 bits per heavy atom. The lowest BCUT2D eigenvalue weighted by molar-refractivity contribution is 0.105. The van der Waals surface area contributed by atoms with Crippen LogP contribution in [-0.4, -0.2) is 18.7 Å². The van der Waals surface area contributed by atoms with Crippen LogP contribution in [0.4, 0.5) is 0 Å². The zero-order valence-electron chi connectivity index (χ0n) is 7.72. The number of rotatable bonds is 2. The van der Waals surface area contributed by atoms with Gasteiger partial charge in [0.15, 0.2) is 0 Å². The maximum absolute atomic E-state index is 10.2. The summed E-state index contributed by atoms with van der Waals surface area (Å²) in [5, 5.41) is 0. The van der Waals surface area contributed by atoms with Gasteiger partial charge in [-0.15, -0.1) is 0 Å². The third-order valence-corrected chi connectivity index (χ3v) is 2.41. The van der Waals surface area contributed by atoms with Crippen molar-refractivity contribution < 1.29 is 9.53 Å². The first-order chi connectivity index (χ1) is 6.92. The van der Waals surface area contributed by atoms with E-state index in [0.717, 1.165) is 12.0 Å². The topological polar surface area (TPSA) is 38.7 Å². The van der Waals surface area contributed by atoms with Gasteiger partial charge in [0, 0.05) is 6.61 Å². The molecule has 0 saturated carbocycles. The largest absolute Gasteiger partial charge is 0.371 e. The second-order valence-electron chi connectivity index (χ2n) is 3.28. The zero-order chi connectivity index (χ0) is 9.80. The Bertz CT molecular complexity index is 344. The molecule has 1 aliphatic heterocycles. The van der Waals surface area contributed by atoms with E-state index < -0.39 is 0 Å². The van der Waals surface area contributed by atoms with Crippen molar-refractivity contribution in [3.05, 3.63) is 35.9 Å². The quantitative estimate of drug-likeness (QED) is 0.526. The fraction of sp³-hybridized carbons (Fsp3) is 0.364. The number of benzene rings is 1. The monoisotopic (exact) mass is 189 g/mol. The van der Waals surface area contributed by atoms with Gasteiger partial charge in [0.25, 0.3) is 0 Å². The molecule has 0 radical (unpaired) electrons. The Morgan fingerprint density at radius 1 is 1.36 bits per heavy atom. The van der Waals surface area contributed by atoms with Gasteiger partial charge in [0.05, 0.1) is 6.04 Å². The second kappa shape index (κ2) is 4.18. The van der Waals surface area contributed by atoms with Crippen molar-refractivity contribution in [3.63, 3.8) is 0 Å². The smallest absolute Gasteiger partial charge is 0.235 e. The zero-order valence-corrected chi connectivity index (χ0v) is 7.72. The van der Waals surface area contributed by atoms with Crippen LogP contribution in [0.2, 0.25) is 0 Å². The molecule has 1 heterocycles. The molecule has 0 amide bonds. The number of hydrogen-bond acceptors (Lipinski definition) is 3. The number of nitrogens with zero attached hydrogens (tertiary/aromatic N) is 1. The Hall–Kier alpha value is -1.44. The van der Waals surface area contributed by atoms with Crippen LogP contribution < -0.4 is 0 Å². The van der Waals surface area contributed by atoms with Crippen molar-refractivity contribution in [2.75, 3.05) is 6.61 Å². The average molecular weight is 189 g/mol. The Morgan fingerprint density at radius 3 is 2.86 bits per heavy atom. The van der Waals surface area contributed by atoms with Gasteiger partial charge in [0.2, 0.25) is 6.08 Å². The lowest BCUT2D eigenvalue weighted by Crippen LogP contribution is -2.10. The van der Waals surface area contributed by atoms with Crippen LogP contribution in [0.1, 0.15) is 18.1 Å². The summed E-state index contributed by atoms with van der Waals surface area (Å²) in [4.78, 5) is 13.9. The molecule has 1 aromatic carbocycles. The number of carbonyl (C=O) groups excluding carboxylic acids is 1. The highest BCUT2D eigenvalue weighted by Crippen LogP contribution is 2.30. The van der Waals surface area contributed by atoms with E-state index in [1.807, 2.05) is 30.3 Å². The van der Waals surface area contributed by atoms with Gasteiger partial charge in [-0.05, 0) is 12.0 Å². The normalized spacial score (nSPS) is 25.7. The minimum absolute atomic E-state index is 0.0603. The number of isocyanates is 1. The molecule has 3 heteroatoms. The number of hydrogen-bond donors (Lipinski definition) is 0. The fourth-order valence-electron chi connectivity index (χ4n) is 1.74. The molecule has 0 N–H and O–H groups in total. The van der Waals surface area contributed by atoms with Crippen molar-refractivity contribution in [1.82, 2.24) is 0 Å². The summed E-state index contributed by atoms with van der Waals surface area (Å²) < 4.78 is 5.53. The van der Waals surface area contributed by atoms with E-state index in [9.17, 15) is 4.79 Å². The molecule has 0 aliphatic carbocycles. The maximum Gasteiger partial charge on any atom is 0.235 e. The standard InChI is InChI=1S/C11H11NO2/c13-8-12-10-6-7-14-11(10)9-4-2-1-3-5-9/h1-5,10-11H,6-7H2/t10-,11+/m1/s1. The third kappa shape index (κ3) is 1.74. The van der Waals surface area contributed by atoms with E-state index in [4.69, 9.17) is 4.74 Å². The highest BCUT2D eigenvalue weighted by atomic mass is 16.5. The predicted octanol–water partition coefficient (Wildman–Crippen LogP) is 1.85. The van der Waals surface area contributed by atoms with Gasteiger partial charge in [-0.1, -0.05) is 30.3 Å². The highest BCUT2D eigenvalue weighted by molar-refractivity contribution is 5.34. The van der Waals surface area contributed by atoms with Crippen molar-refractivity contribution >= 4 is 6.08 Å². The van der Waals surface area contributed by atoms with Crippen LogP contribution in [0.3, 0.4) is 0 Å². The molecule has 2 rings (SSSR count). The first-order valence-corrected chi connectivity index (χ1v) is 4.65. The maximum atomic E-state index is 10.2. The lowest BCUT2D eigenvalue weighted by atomic mass is 10.0. The van der Waals surface area contributed by atoms with Crippen molar-refractivity contribution in [1.29, 1.82) is 0 Å². The molecule has 0 spiro atoms. The van der Waals surface area contributed by atoms with Gasteiger partial charge in [-0.25, -0.2) is 4.79 Å². The molecule has 1 saturated heterocycles. The summed E-state index contributed by atoms with van der Waals surface area (Å²) in [6, 6.07) is 9.79. The van der Waals surface area contributed by atoms with Gasteiger partial charge in [-0.3, -0.25) is 0 Å². The number of ether oxygens (including phenoxy) is 1. The first-order valence-electron chi connectivity index (χ1n) is 4.65. The molecule has 14 heavy (non-hydrogen) atoms. The fourth-order valence-corrected chi connectivity index (χ4v) is 1.74. The molecule has 0 bridgehead atoms. The molecule has 2 atom stereocenters. The summed E-state index contributed by atoms with van der Waals surface area (Å²) in [7, 11) is 0. The molecular weight excluding hydrogens is 178 g/mol. The van der Waals surface area contributed by atoms with Crippen LogP contribution in [0.25, 0.3) is 0 Å². The molecule has 3 nitrogen and oxygen atoms in total. The minimum atomic E-state index is -0.0716. The van der Waals surface area contributed by atoms with Crippen molar-refractivity contribution in [3.8, 4) is 0 Å². The summed E-state index contributed by atoms with van der Waals surface area (Å²) in [6.45, 7) is 0.662. The number of aliphatic imine (C=N–C) groups is 1. The van der Waals surface area contributed by atoms with Gasteiger partial charge in [-0.2, -0.15) is 4.99 Å². The second-order valence-corrected chi connectivity index (χ2v) is 3.28. The molecule has 1 aliphatic rings. The lowest BCUT2D eigenvalue weighted by Gasteiger charge is -2.13. The predicted molar refractivity (Wildman–Crippen MR) is 51.7 cm³/mol. The van der Waals surface area contributed by atoms with Crippen LogP contribution in [0.5, 0.6) is 0 Å². The minimum Gasteiger partial charge on any atom is -0.371 e. The molecule has 0 aromatic heterocycles. The van der Waals surface area contributed by atoms with E-state index in [1.165, 1.54) is 0 Å². The molecule has 1 aromatic rings. The summed E-state index contributed by atoms with van der Waals surface area (Å²) in [5.41, 5.74) is 1.08. The molecule has 0 unspecified atom stereocenters. The van der Waals surface area contributed by atoms with E-state index >= 15 is 0 Å². The van der Waals surface area contributed by atoms with E-state index in [-0.39, 0.29) is 12.1 Å². The van der Waals surface area contributed by atoms with Gasteiger partial charge < -0.3 is 4.74 Å². The molecule has 1 fully saturated rings. The van der Waals surface area contributed by atoms with Gasteiger partial charge in [0.1, 0.15) is 6.10 Å². The third-order valence-electron chi connectivity index (χ3n) is 2.41. The first kappa shape index (κ1) is 9.13. The Labute approximate surface area is 82.4 Å². The van der Waals surface area contributed by atoms with Crippen molar-refractivity contribution in [2.45, 2.75) is 18.6 Å². The molecule has 72 valence electrons.